The minimum absolute atomic E-state index is 0.288. The number of hydrogen-bond donors (Lipinski definition) is 3. The molecule has 6 nitrogen and oxygen atoms in total. The predicted molar refractivity (Wildman–Crippen MR) is 202 cm³/mol. The molecule has 276 valence electrons. The van der Waals surface area contributed by atoms with E-state index in [0.29, 0.717) is 6.42 Å². The lowest BCUT2D eigenvalue weighted by molar-refractivity contribution is -0.122. The Labute approximate surface area is 291 Å². The Morgan fingerprint density at radius 2 is 0.915 bits per heavy atom. The van der Waals surface area contributed by atoms with Crippen molar-refractivity contribution >= 4 is 16.0 Å². The van der Waals surface area contributed by atoms with Gasteiger partial charge in [0.05, 0.1) is 17.9 Å². The molecule has 0 aliphatic heterocycles. The summed E-state index contributed by atoms with van der Waals surface area (Å²) < 4.78 is 32.4. The first-order valence-electron chi connectivity index (χ1n) is 19.7. The summed E-state index contributed by atoms with van der Waals surface area (Å²) in [6.45, 7) is 4.49. The van der Waals surface area contributed by atoms with Crippen molar-refractivity contribution in [1.82, 2.24) is 5.32 Å². The molecule has 0 spiro atoms. The molecule has 0 saturated heterocycles. The summed E-state index contributed by atoms with van der Waals surface area (Å²) in [5.74, 6) is -1.00. The summed E-state index contributed by atoms with van der Waals surface area (Å²) in [4.78, 5) is 12.5. The molecule has 2 unspecified atom stereocenters. The summed E-state index contributed by atoms with van der Waals surface area (Å²) >= 11 is 0. The lowest BCUT2D eigenvalue weighted by Gasteiger charge is -2.21. The van der Waals surface area contributed by atoms with E-state index < -0.39 is 28.0 Å². The number of nitrogens with one attached hydrogen (secondary N) is 1. The highest BCUT2D eigenvalue weighted by Gasteiger charge is 2.24. The second kappa shape index (κ2) is 34.4. The third kappa shape index (κ3) is 35.7. The average molecular weight is 682 g/mol. The standard InChI is InChI=1S/C40H75NO5S/c1-3-5-7-9-11-13-15-17-18-19-20-21-22-24-26-28-30-32-34-36-40(43)41-38(37-47(44,45)46)39(42)35-33-31-29-27-25-23-16-14-12-10-8-6-4-2/h12,14,25,27,33,35,38-39,42H,3-11,13,15-24,26,28-32,34,36-37H2,1-2H3,(H,41,43)(H,44,45,46)/b14-12+,27-25+,35-33+. The van der Waals surface area contributed by atoms with Gasteiger partial charge in [0.2, 0.25) is 5.91 Å². The summed E-state index contributed by atoms with van der Waals surface area (Å²) in [7, 11) is -4.35. The number of aliphatic hydroxyl groups is 1. The van der Waals surface area contributed by atoms with Gasteiger partial charge in [-0.2, -0.15) is 8.42 Å². The first-order valence-corrected chi connectivity index (χ1v) is 21.3. The molecule has 0 aliphatic rings. The van der Waals surface area contributed by atoms with Crippen LogP contribution in [0, 0.1) is 0 Å². The number of rotatable bonds is 35. The molecule has 3 N–H and O–H groups in total. The average Bonchev–Trinajstić information content (AvgIpc) is 3.03. The number of allylic oxidation sites excluding steroid dienone is 5. The molecule has 1 amide bonds. The van der Waals surface area contributed by atoms with Crippen LogP contribution in [-0.2, 0) is 14.9 Å². The molecule has 0 heterocycles. The van der Waals surface area contributed by atoms with Crippen LogP contribution in [-0.4, -0.2) is 41.9 Å². The molecular formula is C40H75NO5S. The van der Waals surface area contributed by atoms with Crippen LogP contribution >= 0.6 is 0 Å². The van der Waals surface area contributed by atoms with Crippen molar-refractivity contribution in [2.24, 2.45) is 0 Å². The maximum absolute atomic E-state index is 12.5. The van der Waals surface area contributed by atoms with Gasteiger partial charge in [0.25, 0.3) is 10.1 Å². The van der Waals surface area contributed by atoms with Crippen molar-refractivity contribution in [3.8, 4) is 0 Å². The van der Waals surface area contributed by atoms with Gasteiger partial charge in [0, 0.05) is 6.42 Å². The van der Waals surface area contributed by atoms with Crippen LogP contribution in [0.15, 0.2) is 36.5 Å². The van der Waals surface area contributed by atoms with Crippen LogP contribution < -0.4 is 5.32 Å². The van der Waals surface area contributed by atoms with E-state index >= 15 is 0 Å². The topological polar surface area (TPSA) is 104 Å². The number of unbranched alkanes of at least 4 members (excludes halogenated alkanes) is 23. The minimum atomic E-state index is -4.35. The summed E-state index contributed by atoms with van der Waals surface area (Å²) in [5.41, 5.74) is 0. The summed E-state index contributed by atoms with van der Waals surface area (Å²) in [6.07, 6.45) is 44.2. The smallest absolute Gasteiger partial charge is 0.267 e. The van der Waals surface area contributed by atoms with Gasteiger partial charge >= 0.3 is 0 Å². The Balaban J connectivity index is 3.94. The third-order valence-corrected chi connectivity index (χ3v) is 9.58. The molecule has 0 fully saturated rings. The monoisotopic (exact) mass is 682 g/mol. The zero-order valence-electron chi connectivity index (χ0n) is 30.7. The van der Waals surface area contributed by atoms with Gasteiger partial charge in [-0.15, -0.1) is 0 Å². The largest absolute Gasteiger partial charge is 0.387 e. The second-order valence-electron chi connectivity index (χ2n) is 13.5. The van der Waals surface area contributed by atoms with E-state index in [1.165, 1.54) is 128 Å². The van der Waals surface area contributed by atoms with Crippen molar-refractivity contribution in [3.05, 3.63) is 36.5 Å². The maximum atomic E-state index is 12.5. The fourth-order valence-corrected chi connectivity index (χ4v) is 6.57. The molecule has 7 heteroatoms. The molecule has 2 atom stereocenters. The van der Waals surface area contributed by atoms with E-state index in [9.17, 15) is 22.9 Å². The van der Waals surface area contributed by atoms with Gasteiger partial charge in [-0.3, -0.25) is 9.35 Å². The number of carbonyl (C=O) groups excluding carboxylic acids is 1. The van der Waals surface area contributed by atoms with E-state index in [0.717, 1.165) is 44.9 Å². The minimum Gasteiger partial charge on any atom is -0.387 e. The molecular weight excluding hydrogens is 607 g/mol. The van der Waals surface area contributed by atoms with Crippen LogP contribution in [0.5, 0.6) is 0 Å². The molecule has 0 radical (unpaired) electrons. The molecule has 0 aliphatic carbocycles. The molecule has 0 aromatic heterocycles. The number of amides is 1. The van der Waals surface area contributed by atoms with Crippen molar-refractivity contribution in [3.63, 3.8) is 0 Å². The van der Waals surface area contributed by atoms with Crippen molar-refractivity contribution in [1.29, 1.82) is 0 Å². The van der Waals surface area contributed by atoms with Gasteiger partial charge < -0.3 is 10.4 Å². The van der Waals surface area contributed by atoms with Gasteiger partial charge in [0.1, 0.15) is 0 Å². The van der Waals surface area contributed by atoms with Crippen LogP contribution in [0.25, 0.3) is 0 Å². The van der Waals surface area contributed by atoms with Gasteiger partial charge in [-0.1, -0.05) is 179 Å². The molecule has 47 heavy (non-hydrogen) atoms. The van der Waals surface area contributed by atoms with E-state index in [-0.39, 0.29) is 12.3 Å². The first-order chi connectivity index (χ1) is 22.8. The van der Waals surface area contributed by atoms with Crippen LogP contribution in [0.1, 0.15) is 194 Å². The fourth-order valence-electron chi connectivity index (χ4n) is 5.83. The quantitative estimate of drug-likeness (QED) is 0.0351. The fraction of sp³-hybridized carbons (Fsp3) is 0.825. The zero-order chi connectivity index (χ0) is 34.7. The number of carbonyl (C=O) groups is 1. The van der Waals surface area contributed by atoms with Crippen molar-refractivity contribution < 1.29 is 22.9 Å². The van der Waals surface area contributed by atoms with Crippen LogP contribution in [0.3, 0.4) is 0 Å². The number of aliphatic hydroxyl groups excluding tert-OH is 1. The maximum Gasteiger partial charge on any atom is 0.267 e. The van der Waals surface area contributed by atoms with Crippen LogP contribution in [0.2, 0.25) is 0 Å². The van der Waals surface area contributed by atoms with E-state index in [2.05, 4.69) is 43.5 Å². The van der Waals surface area contributed by atoms with E-state index in [1.54, 1.807) is 6.08 Å². The Bertz CT molecular complexity index is 883. The molecule has 0 saturated carbocycles. The summed E-state index contributed by atoms with van der Waals surface area (Å²) in [5, 5.41) is 13.2. The molecule has 0 rings (SSSR count). The van der Waals surface area contributed by atoms with Gasteiger partial charge in [0.15, 0.2) is 0 Å². The van der Waals surface area contributed by atoms with Gasteiger partial charge in [-0.25, -0.2) is 0 Å². The number of hydrogen-bond acceptors (Lipinski definition) is 4. The SMILES string of the molecule is CCCCC/C=C/CC/C=C/CC/C=C/C(O)C(CS(=O)(=O)O)NC(=O)CCCCCCCCCCCCCCCCCCCCC. The highest BCUT2D eigenvalue weighted by molar-refractivity contribution is 7.85. The Kier molecular flexibility index (Phi) is 33.4. The zero-order valence-corrected chi connectivity index (χ0v) is 31.5. The van der Waals surface area contributed by atoms with Gasteiger partial charge in [-0.05, 0) is 44.9 Å². The normalized spacial score (nSPS) is 13.7. The molecule has 0 aromatic rings. The Morgan fingerprint density at radius 1 is 0.553 bits per heavy atom. The third-order valence-electron chi connectivity index (χ3n) is 8.80. The van der Waals surface area contributed by atoms with E-state index in [4.69, 9.17) is 0 Å². The lowest BCUT2D eigenvalue weighted by atomic mass is 10.0. The molecule has 0 bridgehead atoms. The Morgan fingerprint density at radius 3 is 1.34 bits per heavy atom. The van der Waals surface area contributed by atoms with Crippen LogP contribution in [0.4, 0.5) is 0 Å². The molecule has 0 aromatic carbocycles. The summed E-state index contributed by atoms with van der Waals surface area (Å²) in [6, 6.07) is -1.08. The predicted octanol–water partition coefficient (Wildman–Crippen LogP) is 11.4. The highest BCUT2D eigenvalue weighted by Crippen LogP contribution is 2.15. The second-order valence-corrected chi connectivity index (χ2v) is 15.0. The lowest BCUT2D eigenvalue weighted by Crippen LogP contribution is -2.46. The highest BCUT2D eigenvalue weighted by atomic mass is 32.2. The first kappa shape index (κ1) is 45.6. The van der Waals surface area contributed by atoms with E-state index in [1.807, 2.05) is 0 Å². The van der Waals surface area contributed by atoms with Crippen molar-refractivity contribution in [2.45, 2.75) is 206 Å². The van der Waals surface area contributed by atoms with Crippen molar-refractivity contribution in [2.75, 3.05) is 5.75 Å². The Hall–Kier alpha value is -1.44.